The summed E-state index contributed by atoms with van der Waals surface area (Å²) in [4.78, 5) is 24.8. The van der Waals surface area contributed by atoms with Crippen LogP contribution in [0.4, 0.5) is 4.79 Å². The SMILES string of the molecule is C=C1NC(=O)N[C@@H](c2ccc(OC)c(Cl)c2)[C@@H]1C(=O)OCc1ccc(OC)cc1. The van der Waals surface area contributed by atoms with Gasteiger partial charge in [-0.2, -0.15) is 0 Å². The van der Waals surface area contributed by atoms with Crippen LogP contribution in [-0.4, -0.2) is 26.2 Å². The quantitative estimate of drug-likeness (QED) is 0.703. The Balaban J connectivity index is 1.79. The van der Waals surface area contributed by atoms with E-state index >= 15 is 0 Å². The van der Waals surface area contributed by atoms with Gasteiger partial charge in [-0.1, -0.05) is 36.4 Å². The number of nitrogens with one attached hydrogen (secondary N) is 2. The predicted molar refractivity (Wildman–Crippen MR) is 108 cm³/mol. The van der Waals surface area contributed by atoms with Gasteiger partial charge in [-0.15, -0.1) is 0 Å². The predicted octanol–water partition coefficient (Wildman–Crippen LogP) is 3.58. The summed E-state index contributed by atoms with van der Waals surface area (Å²) in [6, 6.07) is 11.1. The first kappa shape index (κ1) is 20.5. The molecule has 29 heavy (non-hydrogen) atoms. The van der Waals surface area contributed by atoms with Crippen molar-refractivity contribution in [2.24, 2.45) is 5.92 Å². The molecule has 3 rings (SSSR count). The second kappa shape index (κ2) is 8.87. The minimum Gasteiger partial charge on any atom is -0.497 e. The molecule has 152 valence electrons. The molecule has 0 radical (unpaired) electrons. The molecule has 0 unspecified atom stereocenters. The van der Waals surface area contributed by atoms with Crippen LogP contribution in [0.3, 0.4) is 0 Å². The van der Waals surface area contributed by atoms with Crippen molar-refractivity contribution in [2.75, 3.05) is 14.2 Å². The molecule has 0 bridgehead atoms. The van der Waals surface area contributed by atoms with Gasteiger partial charge in [0.15, 0.2) is 0 Å². The minimum absolute atomic E-state index is 0.0800. The van der Waals surface area contributed by atoms with E-state index in [2.05, 4.69) is 17.2 Å². The molecule has 2 atom stereocenters. The average Bonchev–Trinajstić information content (AvgIpc) is 2.71. The van der Waals surface area contributed by atoms with E-state index in [4.69, 9.17) is 25.8 Å². The van der Waals surface area contributed by atoms with Gasteiger partial charge >= 0.3 is 12.0 Å². The Labute approximate surface area is 173 Å². The van der Waals surface area contributed by atoms with Gasteiger partial charge in [0.05, 0.1) is 25.3 Å². The Hall–Kier alpha value is -3.19. The number of halogens is 1. The van der Waals surface area contributed by atoms with Crippen LogP contribution in [0.1, 0.15) is 17.2 Å². The summed E-state index contributed by atoms with van der Waals surface area (Å²) in [6.07, 6.45) is 0. The van der Waals surface area contributed by atoms with Gasteiger partial charge < -0.3 is 24.8 Å². The van der Waals surface area contributed by atoms with Gasteiger partial charge in [0, 0.05) is 5.70 Å². The van der Waals surface area contributed by atoms with E-state index in [-0.39, 0.29) is 12.3 Å². The van der Waals surface area contributed by atoms with Crippen LogP contribution in [0.15, 0.2) is 54.7 Å². The topological polar surface area (TPSA) is 85.9 Å². The van der Waals surface area contributed by atoms with Crippen molar-refractivity contribution >= 4 is 23.6 Å². The monoisotopic (exact) mass is 416 g/mol. The number of methoxy groups -OCH3 is 2. The molecule has 1 aliphatic heterocycles. The largest absolute Gasteiger partial charge is 0.497 e. The number of urea groups is 1. The standard InChI is InChI=1S/C21H21ClN2O5/c1-12-18(20(25)29-11-13-4-7-15(27-2)8-5-13)19(24-21(26)23-12)14-6-9-17(28-3)16(22)10-14/h4-10,18-19H,1,11H2,2-3H3,(H2,23,24,26)/t18-,19+/m1/s1. The molecule has 2 amide bonds. The lowest BCUT2D eigenvalue weighted by molar-refractivity contribution is -0.149. The highest BCUT2D eigenvalue weighted by Gasteiger charge is 2.39. The molecule has 1 fully saturated rings. The van der Waals surface area contributed by atoms with Crippen LogP contribution in [0.25, 0.3) is 0 Å². The van der Waals surface area contributed by atoms with Gasteiger partial charge in [-0.3, -0.25) is 4.79 Å². The van der Waals surface area contributed by atoms with E-state index in [1.54, 1.807) is 37.4 Å². The number of hydrogen-bond donors (Lipinski definition) is 2. The Morgan fingerprint density at radius 3 is 2.48 bits per heavy atom. The zero-order valence-corrected chi connectivity index (χ0v) is 16.8. The molecular weight excluding hydrogens is 396 g/mol. The summed E-state index contributed by atoms with van der Waals surface area (Å²) in [7, 11) is 3.09. The highest BCUT2D eigenvalue weighted by molar-refractivity contribution is 6.32. The highest BCUT2D eigenvalue weighted by atomic mass is 35.5. The number of rotatable bonds is 6. The van der Waals surface area contributed by atoms with Gasteiger partial charge in [0.1, 0.15) is 24.0 Å². The van der Waals surface area contributed by atoms with Crippen LogP contribution in [0, 0.1) is 5.92 Å². The van der Waals surface area contributed by atoms with E-state index in [0.29, 0.717) is 22.1 Å². The Bertz CT molecular complexity index is 929. The minimum atomic E-state index is -0.824. The van der Waals surface area contributed by atoms with Crippen LogP contribution < -0.4 is 20.1 Å². The van der Waals surface area contributed by atoms with E-state index < -0.39 is 24.0 Å². The van der Waals surface area contributed by atoms with Gasteiger partial charge in [0.25, 0.3) is 0 Å². The third-order valence-electron chi connectivity index (χ3n) is 4.60. The number of carbonyl (C=O) groups is 2. The first-order chi connectivity index (χ1) is 13.9. The van der Waals surface area contributed by atoms with Gasteiger partial charge in [-0.05, 0) is 35.4 Å². The van der Waals surface area contributed by atoms with Crippen molar-refractivity contribution in [3.05, 3.63) is 70.9 Å². The normalized spacial score (nSPS) is 18.4. The lowest BCUT2D eigenvalue weighted by Gasteiger charge is -2.33. The van der Waals surface area contributed by atoms with Gasteiger partial charge in [-0.25, -0.2) is 4.79 Å². The Morgan fingerprint density at radius 2 is 1.86 bits per heavy atom. The molecule has 1 saturated heterocycles. The molecular formula is C21H21ClN2O5. The maximum Gasteiger partial charge on any atom is 0.319 e. The smallest absolute Gasteiger partial charge is 0.319 e. The summed E-state index contributed by atoms with van der Waals surface area (Å²) in [5, 5.41) is 5.65. The van der Waals surface area contributed by atoms with E-state index in [0.717, 1.165) is 5.56 Å². The third kappa shape index (κ3) is 4.63. The number of esters is 1. The van der Waals surface area contributed by atoms with E-state index in [1.165, 1.54) is 7.11 Å². The zero-order chi connectivity index (χ0) is 21.0. The zero-order valence-electron chi connectivity index (χ0n) is 16.0. The molecule has 0 aromatic heterocycles. The fourth-order valence-corrected chi connectivity index (χ4v) is 3.35. The lowest BCUT2D eigenvalue weighted by Crippen LogP contribution is -2.51. The summed E-state index contributed by atoms with van der Waals surface area (Å²) >= 11 is 6.21. The molecule has 8 heteroatoms. The number of carbonyl (C=O) groups excluding carboxylic acids is 2. The first-order valence-corrected chi connectivity index (χ1v) is 9.20. The van der Waals surface area contributed by atoms with Crippen LogP contribution in [0.2, 0.25) is 5.02 Å². The van der Waals surface area contributed by atoms with E-state index in [9.17, 15) is 9.59 Å². The molecule has 0 aliphatic carbocycles. The van der Waals surface area contributed by atoms with Crippen LogP contribution >= 0.6 is 11.6 Å². The molecule has 0 spiro atoms. The summed E-state index contributed by atoms with van der Waals surface area (Å²) in [5.74, 6) is -0.136. The maximum absolute atomic E-state index is 12.8. The maximum atomic E-state index is 12.8. The number of amides is 2. The fourth-order valence-electron chi connectivity index (χ4n) is 3.08. The third-order valence-corrected chi connectivity index (χ3v) is 4.89. The number of ether oxygens (including phenoxy) is 3. The summed E-state index contributed by atoms with van der Waals surface area (Å²) in [6.45, 7) is 3.91. The summed E-state index contributed by atoms with van der Waals surface area (Å²) < 4.78 is 15.8. The first-order valence-electron chi connectivity index (χ1n) is 8.82. The Kier molecular flexibility index (Phi) is 6.29. The van der Waals surface area contributed by atoms with Crippen molar-refractivity contribution in [1.29, 1.82) is 0 Å². The molecule has 7 nitrogen and oxygen atoms in total. The second-order valence-corrected chi connectivity index (χ2v) is 6.84. The molecule has 2 aromatic rings. The molecule has 0 saturated carbocycles. The van der Waals surface area contributed by atoms with Gasteiger partial charge in [0.2, 0.25) is 0 Å². The lowest BCUT2D eigenvalue weighted by atomic mass is 9.89. The number of benzene rings is 2. The average molecular weight is 417 g/mol. The molecule has 1 aliphatic rings. The van der Waals surface area contributed by atoms with Crippen LogP contribution in [0.5, 0.6) is 11.5 Å². The van der Waals surface area contributed by atoms with Crippen molar-refractivity contribution in [1.82, 2.24) is 10.6 Å². The Morgan fingerprint density at radius 1 is 1.14 bits per heavy atom. The van der Waals surface area contributed by atoms with Crippen molar-refractivity contribution in [3.63, 3.8) is 0 Å². The molecule has 2 aromatic carbocycles. The van der Waals surface area contributed by atoms with E-state index in [1.807, 2.05) is 12.1 Å². The molecule has 2 N–H and O–H groups in total. The van der Waals surface area contributed by atoms with Crippen molar-refractivity contribution < 1.29 is 23.8 Å². The summed E-state index contributed by atoms with van der Waals surface area (Å²) in [5.41, 5.74) is 1.70. The van der Waals surface area contributed by atoms with Crippen molar-refractivity contribution in [2.45, 2.75) is 12.6 Å². The highest BCUT2D eigenvalue weighted by Crippen LogP contribution is 2.34. The van der Waals surface area contributed by atoms with Crippen LogP contribution in [-0.2, 0) is 16.1 Å². The molecule has 1 heterocycles. The number of hydrogen-bond acceptors (Lipinski definition) is 5. The van der Waals surface area contributed by atoms with Crippen molar-refractivity contribution in [3.8, 4) is 11.5 Å². The fraction of sp³-hybridized carbons (Fsp3) is 0.238. The second-order valence-electron chi connectivity index (χ2n) is 6.43.